The van der Waals surface area contributed by atoms with Crippen LogP contribution in [0.15, 0.2) is 48.9 Å². The summed E-state index contributed by atoms with van der Waals surface area (Å²) in [5.41, 5.74) is 8.71. The molecule has 188 valence electrons. The third kappa shape index (κ3) is 4.72. The summed E-state index contributed by atoms with van der Waals surface area (Å²) < 4.78 is 35.5. The quantitative estimate of drug-likeness (QED) is 0.317. The van der Waals surface area contributed by atoms with Crippen molar-refractivity contribution in [2.24, 2.45) is 5.73 Å². The third-order valence-electron chi connectivity index (χ3n) is 6.08. The van der Waals surface area contributed by atoms with Gasteiger partial charge in [0.15, 0.2) is 23.0 Å². The number of imidazole rings is 1. The highest BCUT2D eigenvalue weighted by Gasteiger charge is 2.20. The Morgan fingerprint density at radius 1 is 1.17 bits per heavy atom. The average Bonchev–Trinajstić information content (AvgIpc) is 3.33. The predicted molar refractivity (Wildman–Crippen MR) is 135 cm³/mol. The summed E-state index contributed by atoms with van der Waals surface area (Å²) in [6.07, 6.45) is 6.01. The Labute approximate surface area is 207 Å². The lowest BCUT2D eigenvalue weighted by Gasteiger charge is -2.17. The average molecular weight is 495 g/mol. The van der Waals surface area contributed by atoms with E-state index in [-0.39, 0.29) is 23.3 Å². The summed E-state index contributed by atoms with van der Waals surface area (Å²) in [5, 5.41) is 6.19. The Bertz CT molecular complexity index is 1400. The van der Waals surface area contributed by atoms with Gasteiger partial charge in [-0.1, -0.05) is 13.8 Å². The first-order valence-electron chi connectivity index (χ1n) is 11.7. The van der Waals surface area contributed by atoms with Gasteiger partial charge in [-0.05, 0) is 48.7 Å². The van der Waals surface area contributed by atoms with Crippen LogP contribution in [0.4, 0.5) is 20.3 Å². The lowest BCUT2D eigenvalue weighted by molar-refractivity contribution is 0.0936. The molecule has 0 spiro atoms. The van der Waals surface area contributed by atoms with E-state index in [9.17, 15) is 13.6 Å². The molecule has 0 saturated carbocycles. The summed E-state index contributed by atoms with van der Waals surface area (Å²) in [6.45, 7) is 4.32. The summed E-state index contributed by atoms with van der Waals surface area (Å²) in [7, 11) is 1.28. The van der Waals surface area contributed by atoms with Crippen LogP contribution in [0.2, 0.25) is 0 Å². The first-order chi connectivity index (χ1) is 17.4. The van der Waals surface area contributed by atoms with Gasteiger partial charge < -0.3 is 21.1 Å². The number of rotatable bonds is 9. The van der Waals surface area contributed by atoms with Gasteiger partial charge in [0.05, 0.1) is 19.0 Å². The van der Waals surface area contributed by atoms with Crippen molar-refractivity contribution in [3.05, 3.63) is 71.7 Å². The fourth-order valence-corrected chi connectivity index (χ4v) is 4.01. The van der Waals surface area contributed by atoms with Gasteiger partial charge in [0.1, 0.15) is 0 Å². The van der Waals surface area contributed by atoms with Gasteiger partial charge in [0.25, 0.3) is 5.91 Å². The molecular weight excluding hydrogens is 466 g/mol. The highest BCUT2D eigenvalue weighted by atomic mass is 19.2. The van der Waals surface area contributed by atoms with Crippen LogP contribution in [0.5, 0.6) is 5.75 Å². The molecule has 0 aliphatic heterocycles. The molecule has 0 saturated heterocycles. The molecule has 0 fully saturated rings. The summed E-state index contributed by atoms with van der Waals surface area (Å²) in [5.74, 6) is -2.01. The number of aryl methyl sites for hydroxylation is 1. The standard InChI is InChI=1S/C26H28F2N6O2/c1-4-15-12-17(6-7-18(15)26(35)33-16(5-2)13-29)32-24-25-31-14-20(34(25)11-10-30-24)19-8-9-21(36-3)23(28)22(19)27/h6-12,14,16H,4-5,13,29H2,1-3H3,(H,30,32)(H,33,35)/t16-/m0/s1. The van der Waals surface area contributed by atoms with E-state index in [1.54, 1.807) is 28.9 Å². The maximum Gasteiger partial charge on any atom is 0.251 e. The van der Waals surface area contributed by atoms with Crippen molar-refractivity contribution in [3.8, 4) is 17.0 Å². The lowest BCUT2D eigenvalue weighted by Crippen LogP contribution is -2.40. The third-order valence-corrected chi connectivity index (χ3v) is 6.08. The predicted octanol–water partition coefficient (Wildman–Crippen LogP) is 4.46. The topological polar surface area (TPSA) is 107 Å². The number of hydrogen-bond donors (Lipinski definition) is 3. The summed E-state index contributed by atoms with van der Waals surface area (Å²) in [6, 6.07) is 8.15. The molecule has 2 aromatic heterocycles. The van der Waals surface area contributed by atoms with Crippen molar-refractivity contribution >= 4 is 23.1 Å². The number of carbonyl (C=O) groups is 1. The van der Waals surface area contributed by atoms with Crippen LogP contribution >= 0.6 is 0 Å². The van der Waals surface area contributed by atoms with Crippen LogP contribution in [0.1, 0.15) is 36.2 Å². The zero-order valence-electron chi connectivity index (χ0n) is 20.3. The minimum atomic E-state index is -1.06. The molecule has 1 amide bonds. The number of aromatic nitrogens is 3. The van der Waals surface area contributed by atoms with E-state index in [0.29, 0.717) is 41.4 Å². The maximum absolute atomic E-state index is 14.7. The smallest absolute Gasteiger partial charge is 0.251 e. The number of halogens is 2. The lowest BCUT2D eigenvalue weighted by atomic mass is 10.0. The first-order valence-corrected chi connectivity index (χ1v) is 11.7. The molecule has 36 heavy (non-hydrogen) atoms. The van der Waals surface area contributed by atoms with Crippen LogP contribution in [0, 0.1) is 11.6 Å². The number of fused-ring (bicyclic) bond motifs is 1. The van der Waals surface area contributed by atoms with Crippen LogP contribution in [-0.4, -0.2) is 40.0 Å². The summed E-state index contributed by atoms with van der Waals surface area (Å²) in [4.78, 5) is 21.5. The molecule has 1 atom stereocenters. The van der Waals surface area contributed by atoms with Crippen molar-refractivity contribution in [1.82, 2.24) is 19.7 Å². The van der Waals surface area contributed by atoms with Crippen LogP contribution < -0.4 is 21.1 Å². The molecule has 2 aromatic carbocycles. The van der Waals surface area contributed by atoms with Gasteiger partial charge in [0, 0.05) is 41.8 Å². The SMILES string of the molecule is CCc1cc(Nc2nccn3c(-c4ccc(OC)c(F)c4F)cnc23)ccc1C(=O)N[C@@H](CC)CN. The number of hydrogen-bond acceptors (Lipinski definition) is 6. The van der Waals surface area contributed by atoms with Gasteiger partial charge in [0.2, 0.25) is 5.82 Å². The molecule has 0 aliphatic carbocycles. The van der Waals surface area contributed by atoms with Gasteiger partial charge in [-0.15, -0.1) is 0 Å². The fraction of sp³-hybridized carbons (Fsp3) is 0.269. The van der Waals surface area contributed by atoms with E-state index >= 15 is 0 Å². The van der Waals surface area contributed by atoms with E-state index in [1.165, 1.54) is 25.4 Å². The summed E-state index contributed by atoms with van der Waals surface area (Å²) >= 11 is 0. The number of methoxy groups -OCH3 is 1. The largest absolute Gasteiger partial charge is 0.494 e. The van der Waals surface area contributed by atoms with E-state index in [4.69, 9.17) is 10.5 Å². The number of benzene rings is 2. The monoisotopic (exact) mass is 494 g/mol. The van der Waals surface area contributed by atoms with Crippen molar-refractivity contribution in [2.45, 2.75) is 32.7 Å². The minimum Gasteiger partial charge on any atom is -0.494 e. The Balaban J connectivity index is 1.65. The second kappa shape index (κ2) is 10.7. The fourth-order valence-electron chi connectivity index (χ4n) is 4.01. The number of amides is 1. The van der Waals surface area contributed by atoms with Crippen LogP contribution in [-0.2, 0) is 6.42 Å². The van der Waals surface area contributed by atoms with E-state index < -0.39 is 11.6 Å². The van der Waals surface area contributed by atoms with Gasteiger partial charge in [-0.25, -0.2) is 14.4 Å². The van der Waals surface area contributed by atoms with E-state index in [0.717, 1.165) is 12.0 Å². The molecule has 8 nitrogen and oxygen atoms in total. The Morgan fingerprint density at radius 2 is 1.97 bits per heavy atom. The molecule has 4 rings (SSSR count). The van der Waals surface area contributed by atoms with Crippen molar-refractivity contribution < 1.29 is 18.3 Å². The van der Waals surface area contributed by atoms with Gasteiger partial charge in [-0.3, -0.25) is 9.20 Å². The molecule has 0 radical (unpaired) electrons. The zero-order chi connectivity index (χ0) is 25.8. The van der Waals surface area contributed by atoms with Crippen molar-refractivity contribution in [1.29, 1.82) is 0 Å². The van der Waals surface area contributed by atoms with Crippen molar-refractivity contribution in [3.63, 3.8) is 0 Å². The highest BCUT2D eigenvalue weighted by molar-refractivity contribution is 5.96. The molecular formula is C26H28F2N6O2. The van der Waals surface area contributed by atoms with Crippen molar-refractivity contribution in [2.75, 3.05) is 19.0 Å². The van der Waals surface area contributed by atoms with Gasteiger partial charge >= 0.3 is 0 Å². The number of nitrogens with zero attached hydrogens (tertiary/aromatic N) is 3. The number of carbonyl (C=O) groups excluding carboxylic acids is 1. The molecule has 0 bridgehead atoms. The second-order valence-corrected chi connectivity index (χ2v) is 8.22. The highest BCUT2D eigenvalue weighted by Crippen LogP contribution is 2.31. The van der Waals surface area contributed by atoms with Crippen LogP contribution in [0.3, 0.4) is 0 Å². The Morgan fingerprint density at radius 3 is 2.67 bits per heavy atom. The molecule has 0 unspecified atom stereocenters. The Kier molecular flexibility index (Phi) is 7.44. The number of nitrogens with one attached hydrogen (secondary N) is 2. The molecule has 4 N–H and O–H groups in total. The molecule has 2 heterocycles. The van der Waals surface area contributed by atoms with Crippen LogP contribution in [0.25, 0.3) is 16.9 Å². The minimum absolute atomic E-state index is 0.0458. The van der Waals surface area contributed by atoms with E-state index in [2.05, 4.69) is 20.6 Å². The molecule has 4 aromatic rings. The maximum atomic E-state index is 14.7. The molecule has 10 heteroatoms. The van der Waals surface area contributed by atoms with E-state index in [1.807, 2.05) is 19.9 Å². The normalized spacial score (nSPS) is 11.9. The first kappa shape index (κ1) is 25.1. The second-order valence-electron chi connectivity index (χ2n) is 8.22. The van der Waals surface area contributed by atoms with Gasteiger partial charge in [-0.2, -0.15) is 4.39 Å². The number of nitrogens with two attached hydrogens (primary N) is 1. The number of anilines is 2. The Hall–Kier alpha value is -4.05. The molecule has 0 aliphatic rings. The zero-order valence-corrected chi connectivity index (χ0v) is 20.3. The number of ether oxygens (including phenoxy) is 1.